The predicted molar refractivity (Wildman–Crippen MR) is 66.5 cm³/mol. The van der Waals surface area contributed by atoms with Gasteiger partial charge in [-0.2, -0.15) is 11.3 Å². The second kappa shape index (κ2) is 4.37. The van der Waals surface area contributed by atoms with Gasteiger partial charge >= 0.3 is 0 Å². The number of carbonyl (C=O) groups is 2. The SMILES string of the molecule is CN1C(=O)CO[C@H]2CN(C(=O)c3ccsc3)C[C@@H]21. The quantitative estimate of drug-likeness (QED) is 0.740. The highest BCUT2D eigenvalue weighted by molar-refractivity contribution is 7.08. The molecule has 2 saturated heterocycles. The first kappa shape index (κ1) is 11.7. The Bertz CT molecular complexity index is 474. The highest BCUT2D eigenvalue weighted by Gasteiger charge is 2.43. The van der Waals surface area contributed by atoms with E-state index < -0.39 is 0 Å². The van der Waals surface area contributed by atoms with Crippen LogP contribution in [-0.4, -0.2) is 60.5 Å². The molecule has 0 aliphatic carbocycles. The topological polar surface area (TPSA) is 49.9 Å². The number of rotatable bonds is 1. The Morgan fingerprint density at radius 3 is 3.06 bits per heavy atom. The molecule has 0 aromatic carbocycles. The fraction of sp³-hybridized carbons (Fsp3) is 0.500. The zero-order valence-electron chi connectivity index (χ0n) is 10.0. The second-order valence-corrected chi connectivity index (χ2v) is 5.42. The second-order valence-electron chi connectivity index (χ2n) is 4.64. The number of ether oxygens (including phenoxy) is 1. The number of nitrogens with zero attached hydrogens (tertiary/aromatic N) is 2. The summed E-state index contributed by atoms with van der Waals surface area (Å²) in [5, 5.41) is 3.74. The van der Waals surface area contributed by atoms with Gasteiger partial charge in [0.1, 0.15) is 6.61 Å². The zero-order chi connectivity index (χ0) is 12.7. The monoisotopic (exact) mass is 266 g/mol. The van der Waals surface area contributed by atoms with E-state index in [2.05, 4.69) is 0 Å². The Labute approximate surface area is 109 Å². The molecule has 3 heterocycles. The molecule has 2 amide bonds. The number of hydrogen-bond acceptors (Lipinski definition) is 4. The van der Waals surface area contributed by atoms with E-state index in [0.29, 0.717) is 18.7 Å². The number of likely N-dealkylation sites (N-methyl/N-ethyl adjacent to an activating group) is 1. The average Bonchev–Trinajstić information content (AvgIpc) is 3.01. The molecule has 2 atom stereocenters. The summed E-state index contributed by atoms with van der Waals surface area (Å²) in [4.78, 5) is 27.2. The van der Waals surface area contributed by atoms with E-state index in [1.807, 2.05) is 16.8 Å². The molecule has 2 aliphatic rings. The summed E-state index contributed by atoms with van der Waals surface area (Å²) in [6.07, 6.45) is -0.0460. The minimum atomic E-state index is -0.0460. The van der Waals surface area contributed by atoms with Crippen LogP contribution in [0.15, 0.2) is 16.8 Å². The summed E-state index contributed by atoms with van der Waals surface area (Å²) >= 11 is 1.51. The third-order valence-electron chi connectivity index (χ3n) is 3.60. The van der Waals surface area contributed by atoms with Crippen LogP contribution < -0.4 is 0 Å². The third-order valence-corrected chi connectivity index (χ3v) is 4.29. The largest absolute Gasteiger partial charge is 0.364 e. The van der Waals surface area contributed by atoms with E-state index in [0.717, 1.165) is 0 Å². The van der Waals surface area contributed by atoms with Gasteiger partial charge in [-0.05, 0) is 11.4 Å². The number of morpholine rings is 1. The Morgan fingerprint density at radius 1 is 1.50 bits per heavy atom. The van der Waals surface area contributed by atoms with Gasteiger partial charge in [-0.25, -0.2) is 0 Å². The van der Waals surface area contributed by atoms with Crippen molar-refractivity contribution in [1.29, 1.82) is 0 Å². The standard InChI is InChI=1S/C12H14N2O3S/c1-13-9-4-14(5-10(9)17-6-11(13)15)12(16)8-2-3-18-7-8/h2-3,7,9-10H,4-6H2,1H3/t9-,10-/m0/s1. The Hall–Kier alpha value is -1.40. The molecular weight excluding hydrogens is 252 g/mol. The zero-order valence-corrected chi connectivity index (χ0v) is 10.9. The van der Waals surface area contributed by atoms with Crippen molar-refractivity contribution in [2.45, 2.75) is 12.1 Å². The molecule has 18 heavy (non-hydrogen) atoms. The van der Waals surface area contributed by atoms with Crippen LogP contribution in [0.3, 0.4) is 0 Å². The van der Waals surface area contributed by atoms with E-state index in [9.17, 15) is 9.59 Å². The van der Waals surface area contributed by atoms with Gasteiger partial charge < -0.3 is 14.5 Å². The molecule has 2 fully saturated rings. The van der Waals surface area contributed by atoms with E-state index in [1.165, 1.54) is 11.3 Å². The van der Waals surface area contributed by atoms with Gasteiger partial charge in [0.05, 0.1) is 17.7 Å². The van der Waals surface area contributed by atoms with Crippen molar-refractivity contribution < 1.29 is 14.3 Å². The molecule has 3 rings (SSSR count). The van der Waals surface area contributed by atoms with Gasteiger partial charge in [-0.3, -0.25) is 9.59 Å². The first-order chi connectivity index (χ1) is 8.66. The lowest BCUT2D eigenvalue weighted by molar-refractivity contribution is -0.150. The molecule has 0 radical (unpaired) electrons. The lowest BCUT2D eigenvalue weighted by Gasteiger charge is -2.33. The maximum atomic E-state index is 12.2. The van der Waals surface area contributed by atoms with Crippen LogP contribution >= 0.6 is 11.3 Å². The highest BCUT2D eigenvalue weighted by Crippen LogP contribution is 2.24. The number of carbonyl (C=O) groups excluding carboxylic acids is 2. The normalized spacial score (nSPS) is 27.5. The van der Waals surface area contributed by atoms with Crippen LogP contribution in [0.25, 0.3) is 0 Å². The maximum absolute atomic E-state index is 12.2. The van der Waals surface area contributed by atoms with Crippen molar-refractivity contribution in [3.63, 3.8) is 0 Å². The number of hydrogen-bond donors (Lipinski definition) is 0. The van der Waals surface area contributed by atoms with Crippen molar-refractivity contribution >= 4 is 23.2 Å². The van der Waals surface area contributed by atoms with Crippen molar-refractivity contribution in [2.24, 2.45) is 0 Å². The van der Waals surface area contributed by atoms with Crippen LogP contribution in [0.5, 0.6) is 0 Å². The van der Waals surface area contributed by atoms with Crippen molar-refractivity contribution in [1.82, 2.24) is 9.80 Å². The molecule has 5 nitrogen and oxygen atoms in total. The molecule has 0 N–H and O–H groups in total. The fourth-order valence-corrected chi connectivity index (χ4v) is 3.12. The van der Waals surface area contributed by atoms with Crippen LogP contribution in [0.1, 0.15) is 10.4 Å². The van der Waals surface area contributed by atoms with Crippen LogP contribution in [0.4, 0.5) is 0 Å². The minimum Gasteiger partial charge on any atom is -0.364 e. The molecule has 1 aromatic heterocycles. The van der Waals surface area contributed by atoms with Crippen molar-refractivity contribution in [2.75, 3.05) is 26.7 Å². The summed E-state index contributed by atoms with van der Waals surface area (Å²) in [6.45, 7) is 1.25. The Morgan fingerprint density at radius 2 is 2.33 bits per heavy atom. The molecule has 0 saturated carbocycles. The van der Waals surface area contributed by atoms with E-state index in [4.69, 9.17) is 4.74 Å². The summed E-state index contributed by atoms with van der Waals surface area (Å²) in [6, 6.07) is 1.82. The molecule has 0 unspecified atom stereocenters. The molecule has 2 aliphatic heterocycles. The first-order valence-corrected chi connectivity index (χ1v) is 6.80. The third kappa shape index (κ3) is 1.81. The Kier molecular flexibility index (Phi) is 2.83. The molecule has 6 heteroatoms. The highest BCUT2D eigenvalue weighted by atomic mass is 32.1. The van der Waals surface area contributed by atoms with Gasteiger partial charge in [0, 0.05) is 25.5 Å². The van der Waals surface area contributed by atoms with Crippen molar-refractivity contribution in [3.8, 4) is 0 Å². The molecule has 0 spiro atoms. The van der Waals surface area contributed by atoms with Gasteiger partial charge in [0.2, 0.25) is 5.91 Å². The molecular formula is C12H14N2O3S. The maximum Gasteiger partial charge on any atom is 0.254 e. The van der Waals surface area contributed by atoms with E-state index in [-0.39, 0.29) is 30.6 Å². The minimum absolute atomic E-state index is 0.00571. The summed E-state index contributed by atoms with van der Waals surface area (Å²) in [5.41, 5.74) is 0.715. The van der Waals surface area contributed by atoms with Crippen LogP contribution in [0, 0.1) is 0 Å². The average molecular weight is 266 g/mol. The smallest absolute Gasteiger partial charge is 0.254 e. The molecule has 96 valence electrons. The first-order valence-electron chi connectivity index (χ1n) is 5.85. The lowest BCUT2D eigenvalue weighted by Crippen LogP contribution is -2.51. The summed E-state index contributed by atoms with van der Waals surface area (Å²) in [7, 11) is 1.78. The van der Waals surface area contributed by atoms with Gasteiger partial charge in [-0.15, -0.1) is 0 Å². The van der Waals surface area contributed by atoms with Crippen LogP contribution in [0.2, 0.25) is 0 Å². The summed E-state index contributed by atoms with van der Waals surface area (Å²) < 4.78 is 5.50. The van der Waals surface area contributed by atoms with Gasteiger partial charge in [-0.1, -0.05) is 0 Å². The van der Waals surface area contributed by atoms with Crippen molar-refractivity contribution in [3.05, 3.63) is 22.4 Å². The van der Waals surface area contributed by atoms with Gasteiger partial charge in [0.25, 0.3) is 5.91 Å². The molecule has 1 aromatic rings. The van der Waals surface area contributed by atoms with Crippen LogP contribution in [-0.2, 0) is 9.53 Å². The number of thiophene rings is 1. The number of amides is 2. The Balaban J connectivity index is 1.75. The predicted octanol–water partition coefficient (Wildman–Crippen LogP) is 0.430. The molecule has 0 bridgehead atoms. The van der Waals surface area contributed by atoms with E-state index in [1.54, 1.807) is 16.8 Å². The van der Waals surface area contributed by atoms with Gasteiger partial charge in [0.15, 0.2) is 0 Å². The lowest BCUT2D eigenvalue weighted by atomic mass is 10.1. The fourth-order valence-electron chi connectivity index (χ4n) is 2.49. The summed E-state index contributed by atoms with van der Waals surface area (Å²) in [5.74, 6) is 0.0104. The number of likely N-dealkylation sites (tertiary alicyclic amines) is 1. The van der Waals surface area contributed by atoms with E-state index >= 15 is 0 Å². The number of fused-ring (bicyclic) bond motifs is 1.